The van der Waals surface area contributed by atoms with Crippen molar-refractivity contribution in [2.75, 3.05) is 31.6 Å². The van der Waals surface area contributed by atoms with Crippen LogP contribution in [0.15, 0.2) is 84.9 Å². The van der Waals surface area contributed by atoms with Crippen LogP contribution in [-0.4, -0.2) is 52.1 Å². The first-order valence-electron chi connectivity index (χ1n) is 12.4. The van der Waals surface area contributed by atoms with Crippen LogP contribution in [0, 0.1) is 0 Å². The lowest BCUT2D eigenvalue weighted by molar-refractivity contribution is 0.183. The van der Waals surface area contributed by atoms with Gasteiger partial charge in [-0.1, -0.05) is 36.8 Å². The summed E-state index contributed by atoms with van der Waals surface area (Å²) >= 11 is 0. The Morgan fingerprint density at radius 1 is 0.889 bits per heavy atom. The molecule has 0 bridgehead atoms. The highest BCUT2D eigenvalue weighted by molar-refractivity contribution is 5.83. The van der Waals surface area contributed by atoms with E-state index in [0.717, 1.165) is 40.5 Å². The Balaban J connectivity index is 1.36. The van der Waals surface area contributed by atoms with Gasteiger partial charge in [-0.25, -0.2) is 9.48 Å². The van der Waals surface area contributed by atoms with E-state index in [-0.39, 0.29) is 0 Å². The number of likely N-dealkylation sites (tertiary alicyclic amines) is 1. The standard InChI is InChI=1S/C29H30N4O3/c34-29(35)30-24-13-9-23(10-14-24)28-21-27(31-33(28)25-7-3-1-4-8-25)22-11-15-26(16-12-22)36-20-19-32-17-5-2-6-18-32/h1,3-4,7-16,21,30H,2,5-6,17-20H2,(H,34,35). The number of amides is 1. The summed E-state index contributed by atoms with van der Waals surface area (Å²) in [6, 6.07) is 27.4. The second kappa shape index (κ2) is 11.1. The smallest absolute Gasteiger partial charge is 0.409 e. The number of carboxylic acid groups (broad SMARTS) is 1. The van der Waals surface area contributed by atoms with Gasteiger partial charge in [-0.3, -0.25) is 10.2 Å². The van der Waals surface area contributed by atoms with Crippen LogP contribution in [-0.2, 0) is 0 Å². The van der Waals surface area contributed by atoms with E-state index in [9.17, 15) is 4.79 Å². The molecule has 0 saturated carbocycles. The van der Waals surface area contributed by atoms with Gasteiger partial charge in [-0.05, 0) is 80.5 Å². The number of nitrogens with one attached hydrogen (secondary N) is 1. The Morgan fingerprint density at radius 3 is 2.28 bits per heavy atom. The van der Waals surface area contributed by atoms with Crippen molar-refractivity contribution in [3.8, 4) is 34.0 Å². The maximum atomic E-state index is 10.9. The minimum absolute atomic E-state index is 0.521. The lowest BCUT2D eigenvalue weighted by atomic mass is 10.1. The minimum Gasteiger partial charge on any atom is -0.492 e. The Bertz CT molecular complexity index is 1280. The maximum Gasteiger partial charge on any atom is 0.409 e. The highest BCUT2D eigenvalue weighted by Crippen LogP contribution is 2.30. The van der Waals surface area contributed by atoms with Crippen molar-refractivity contribution in [3.63, 3.8) is 0 Å². The molecule has 2 N–H and O–H groups in total. The molecule has 1 aliphatic rings. The van der Waals surface area contributed by atoms with E-state index in [1.54, 1.807) is 12.1 Å². The van der Waals surface area contributed by atoms with Crippen LogP contribution in [0.2, 0.25) is 0 Å². The van der Waals surface area contributed by atoms with Crippen LogP contribution in [0.3, 0.4) is 0 Å². The van der Waals surface area contributed by atoms with Crippen molar-refractivity contribution in [1.29, 1.82) is 0 Å². The lowest BCUT2D eigenvalue weighted by Crippen LogP contribution is -2.33. The fourth-order valence-corrected chi connectivity index (χ4v) is 4.54. The minimum atomic E-state index is -1.08. The normalized spacial score (nSPS) is 13.9. The first kappa shape index (κ1) is 23.6. The fraction of sp³-hybridized carbons (Fsp3) is 0.241. The van der Waals surface area contributed by atoms with E-state index in [1.165, 1.54) is 32.4 Å². The molecule has 2 heterocycles. The van der Waals surface area contributed by atoms with Gasteiger partial charge in [0, 0.05) is 23.4 Å². The monoisotopic (exact) mass is 482 g/mol. The molecule has 1 fully saturated rings. The molecule has 3 aromatic carbocycles. The van der Waals surface area contributed by atoms with E-state index in [4.69, 9.17) is 14.9 Å². The fourth-order valence-electron chi connectivity index (χ4n) is 4.54. The molecule has 0 atom stereocenters. The summed E-state index contributed by atoms with van der Waals surface area (Å²) in [7, 11) is 0. The summed E-state index contributed by atoms with van der Waals surface area (Å²) in [5, 5.41) is 16.3. The van der Waals surface area contributed by atoms with Crippen LogP contribution < -0.4 is 10.1 Å². The summed E-state index contributed by atoms with van der Waals surface area (Å²) in [6.45, 7) is 4.01. The summed E-state index contributed by atoms with van der Waals surface area (Å²) in [5.74, 6) is 0.861. The Kier molecular flexibility index (Phi) is 7.28. The van der Waals surface area contributed by atoms with Gasteiger partial charge in [0.15, 0.2) is 0 Å². The second-order valence-electron chi connectivity index (χ2n) is 8.94. The van der Waals surface area contributed by atoms with Gasteiger partial charge < -0.3 is 9.84 Å². The molecule has 0 unspecified atom stereocenters. The molecule has 184 valence electrons. The van der Waals surface area contributed by atoms with Crippen LogP contribution in [0.25, 0.3) is 28.2 Å². The largest absolute Gasteiger partial charge is 0.492 e. The number of para-hydroxylation sites is 1. The van der Waals surface area contributed by atoms with Gasteiger partial charge >= 0.3 is 6.09 Å². The molecule has 7 heteroatoms. The third-order valence-electron chi connectivity index (χ3n) is 6.42. The van der Waals surface area contributed by atoms with E-state index in [1.807, 2.05) is 71.4 Å². The van der Waals surface area contributed by atoms with Crippen LogP contribution >= 0.6 is 0 Å². The zero-order valence-corrected chi connectivity index (χ0v) is 20.1. The first-order chi connectivity index (χ1) is 17.7. The number of ether oxygens (including phenoxy) is 1. The summed E-state index contributed by atoms with van der Waals surface area (Å²) in [4.78, 5) is 13.4. The lowest BCUT2D eigenvalue weighted by Gasteiger charge is -2.26. The number of anilines is 1. The Morgan fingerprint density at radius 2 is 1.58 bits per heavy atom. The number of benzene rings is 3. The molecular formula is C29H30N4O3. The van der Waals surface area contributed by atoms with Gasteiger partial charge in [0.25, 0.3) is 0 Å². The molecule has 0 spiro atoms. The maximum absolute atomic E-state index is 10.9. The zero-order valence-electron chi connectivity index (χ0n) is 20.1. The zero-order chi connectivity index (χ0) is 24.7. The van der Waals surface area contributed by atoms with Crippen molar-refractivity contribution in [1.82, 2.24) is 14.7 Å². The number of piperidine rings is 1. The number of hydrogen-bond acceptors (Lipinski definition) is 4. The molecule has 0 radical (unpaired) electrons. The quantitative estimate of drug-likeness (QED) is 0.314. The van der Waals surface area contributed by atoms with Gasteiger partial charge in [-0.15, -0.1) is 0 Å². The number of rotatable bonds is 8. The van der Waals surface area contributed by atoms with Crippen LogP contribution in [0.5, 0.6) is 5.75 Å². The highest BCUT2D eigenvalue weighted by Gasteiger charge is 2.14. The topological polar surface area (TPSA) is 79.6 Å². The number of hydrogen-bond donors (Lipinski definition) is 2. The molecule has 36 heavy (non-hydrogen) atoms. The predicted molar refractivity (Wildman–Crippen MR) is 142 cm³/mol. The van der Waals surface area contributed by atoms with E-state index >= 15 is 0 Å². The van der Waals surface area contributed by atoms with Crippen molar-refractivity contribution in [3.05, 3.63) is 84.9 Å². The molecule has 5 rings (SSSR count). The molecule has 7 nitrogen and oxygen atoms in total. The number of aromatic nitrogens is 2. The van der Waals surface area contributed by atoms with E-state index in [2.05, 4.69) is 16.3 Å². The van der Waals surface area contributed by atoms with Crippen molar-refractivity contribution >= 4 is 11.8 Å². The summed E-state index contributed by atoms with van der Waals surface area (Å²) < 4.78 is 7.91. The predicted octanol–water partition coefficient (Wildman–Crippen LogP) is 6.16. The van der Waals surface area contributed by atoms with Gasteiger partial charge in [-0.2, -0.15) is 5.10 Å². The summed E-state index contributed by atoms with van der Waals surface area (Å²) in [6.07, 6.45) is 2.83. The van der Waals surface area contributed by atoms with Gasteiger partial charge in [0.05, 0.1) is 17.1 Å². The van der Waals surface area contributed by atoms with Crippen LogP contribution in [0.1, 0.15) is 19.3 Å². The molecular weight excluding hydrogens is 452 g/mol. The van der Waals surface area contributed by atoms with E-state index < -0.39 is 6.09 Å². The van der Waals surface area contributed by atoms with Crippen LogP contribution in [0.4, 0.5) is 10.5 Å². The first-order valence-corrected chi connectivity index (χ1v) is 12.4. The Hall–Kier alpha value is -4.10. The average molecular weight is 483 g/mol. The molecule has 1 amide bonds. The number of nitrogens with zero attached hydrogens (tertiary/aromatic N) is 3. The SMILES string of the molecule is O=C(O)Nc1ccc(-c2cc(-c3ccc(OCCN4CCCCC4)cc3)nn2-c2ccccc2)cc1. The van der Waals surface area contributed by atoms with Gasteiger partial charge in [0.2, 0.25) is 0 Å². The molecule has 1 aliphatic heterocycles. The third kappa shape index (κ3) is 5.75. The highest BCUT2D eigenvalue weighted by atomic mass is 16.5. The molecule has 0 aliphatic carbocycles. The average Bonchev–Trinajstić information content (AvgIpc) is 3.36. The molecule has 4 aromatic rings. The molecule has 1 aromatic heterocycles. The van der Waals surface area contributed by atoms with Crippen molar-refractivity contribution < 1.29 is 14.6 Å². The molecule has 1 saturated heterocycles. The number of carbonyl (C=O) groups is 1. The second-order valence-corrected chi connectivity index (χ2v) is 8.94. The van der Waals surface area contributed by atoms with Crippen molar-refractivity contribution in [2.45, 2.75) is 19.3 Å². The van der Waals surface area contributed by atoms with E-state index in [0.29, 0.717) is 12.3 Å². The van der Waals surface area contributed by atoms with Crippen molar-refractivity contribution in [2.24, 2.45) is 0 Å². The van der Waals surface area contributed by atoms with Gasteiger partial charge in [0.1, 0.15) is 12.4 Å². The Labute approximate surface area is 211 Å². The summed E-state index contributed by atoms with van der Waals surface area (Å²) in [5.41, 5.74) is 5.17. The third-order valence-corrected chi connectivity index (χ3v) is 6.42.